The van der Waals surface area contributed by atoms with Crippen LogP contribution in [0.15, 0.2) is 41.8 Å². The molecule has 0 saturated carbocycles. The van der Waals surface area contributed by atoms with E-state index < -0.39 is 0 Å². The summed E-state index contributed by atoms with van der Waals surface area (Å²) in [6, 6.07) is 10.6. The van der Waals surface area contributed by atoms with E-state index in [-0.39, 0.29) is 30.3 Å². The lowest BCUT2D eigenvalue weighted by Gasteiger charge is -2.20. The van der Waals surface area contributed by atoms with Crippen molar-refractivity contribution < 1.29 is 9.59 Å². The summed E-state index contributed by atoms with van der Waals surface area (Å²) in [6.45, 7) is 3.38. The molecular weight excluding hydrogens is 332 g/mol. The molecule has 122 valence electrons. The Bertz CT molecular complexity index is 656. The van der Waals surface area contributed by atoms with Crippen LogP contribution in [0.25, 0.3) is 0 Å². The van der Waals surface area contributed by atoms with Crippen LogP contribution in [0.5, 0.6) is 0 Å². The maximum atomic E-state index is 12.3. The minimum atomic E-state index is -0.375. The average molecular weight is 351 g/mol. The highest BCUT2D eigenvalue weighted by Gasteiger charge is 2.19. The number of hydrogen-bond donors (Lipinski definition) is 2. The largest absolute Gasteiger partial charge is 0.349 e. The van der Waals surface area contributed by atoms with E-state index in [2.05, 4.69) is 10.6 Å². The van der Waals surface area contributed by atoms with Crippen LogP contribution in [-0.4, -0.2) is 11.8 Å². The van der Waals surface area contributed by atoms with Crippen molar-refractivity contribution in [3.63, 3.8) is 0 Å². The lowest BCUT2D eigenvalue weighted by molar-refractivity contribution is -0.123. The van der Waals surface area contributed by atoms with Gasteiger partial charge in [-0.1, -0.05) is 29.8 Å². The van der Waals surface area contributed by atoms with Crippen LogP contribution in [0.4, 0.5) is 0 Å². The standard InChI is InChI=1S/C17H19ClN2O2S/c1-11(16-4-3-9-23-16)19-17(22)10-15(20-12(2)21)13-5-7-14(18)8-6-13/h3-9,11,15H,10H2,1-2H3,(H,19,22)(H,20,21). The second-order valence-corrected chi connectivity index (χ2v) is 6.73. The number of hydrogen-bond acceptors (Lipinski definition) is 3. The van der Waals surface area contributed by atoms with Gasteiger partial charge in [-0.2, -0.15) is 0 Å². The van der Waals surface area contributed by atoms with Crippen LogP contribution >= 0.6 is 22.9 Å². The monoisotopic (exact) mass is 350 g/mol. The van der Waals surface area contributed by atoms with Crippen molar-refractivity contribution in [3.05, 3.63) is 57.2 Å². The van der Waals surface area contributed by atoms with Crippen molar-refractivity contribution >= 4 is 34.8 Å². The van der Waals surface area contributed by atoms with Gasteiger partial charge in [-0.05, 0) is 36.1 Å². The van der Waals surface area contributed by atoms with Gasteiger partial charge in [0.15, 0.2) is 0 Å². The molecule has 1 heterocycles. The number of rotatable bonds is 6. The summed E-state index contributed by atoms with van der Waals surface area (Å²) in [7, 11) is 0. The molecule has 0 aliphatic rings. The van der Waals surface area contributed by atoms with E-state index in [1.165, 1.54) is 6.92 Å². The van der Waals surface area contributed by atoms with Gasteiger partial charge >= 0.3 is 0 Å². The summed E-state index contributed by atoms with van der Waals surface area (Å²) in [5.41, 5.74) is 0.850. The van der Waals surface area contributed by atoms with E-state index in [0.29, 0.717) is 5.02 Å². The SMILES string of the molecule is CC(=O)NC(CC(=O)NC(C)c1cccs1)c1ccc(Cl)cc1. The number of carbonyl (C=O) groups is 2. The van der Waals surface area contributed by atoms with E-state index in [4.69, 9.17) is 11.6 Å². The third kappa shape index (κ3) is 5.37. The van der Waals surface area contributed by atoms with E-state index in [9.17, 15) is 9.59 Å². The lowest BCUT2D eigenvalue weighted by Crippen LogP contribution is -2.33. The Balaban J connectivity index is 2.03. The predicted octanol–water partition coefficient (Wildman–Crippen LogP) is 3.85. The normalized spacial score (nSPS) is 13.2. The molecule has 23 heavy (non-hydrogen) atoms. The molecule has 0 bridgehead atoms. The third-order valence-electron chi connectivity index (χ3n) is 3.39. The van der Waals surface area contributed by atoms with Crippen molar-refractivity contribution in [2.24, 2.45) is 0 Å². The molecule has 6 heteroatoms. The second-order valence-electron chi connectivity index (χ2n) is 5.31. The first-order chi connectivity index (χ1) is 11.0. The van der Waals surface area contributed by atoms with Gasteiger partial charge in [-0.15, -0.1) is 11.3 Å². The van der Waals surface area contributed by atoms with E-state index in [1.807, 2.05) is 36.6 Å². The van der Waals surface area contributed by atoms with Crippen LogP contribution < -0.4 is 10.6 Å². The van der Waals surface area contributed by atoms with E-state index in [1.54, 1.807) is 23.5 Å². The molecule has 0 aliphatic heterocycles. The molecule has 0 saturated heterocycles. The summed E-state index contributed by atoms with van der Waals surface area (Å²) < 4.78 is 0. The summed E-state index contributed by atoms with van der Waals surface area (Å²) in [4.78, 5) is 24.8. The molecule has 2 rings (SSSR count). The highest BCUT2D eigenvalue weighted by molar-refractivity contribution is 7.10. The molecule has 2 aromatic rings. The Labute approximate surface area is 144 Å². The summed E-state index contributed by atoms with van der Waals surface area (Å²) in [6.07, 6.45) is 0.178. The van der Waals surface area contributed by atoms with E-state index >= 15 is 0 Å². The molecule has 0 aliphatic carbocycles. The summed E-state index contributed by atoms with van der Waals surface area (Å²) in [5, 5.41) is 8.37. The van der Waals surface area contributed by atoms with Gasteiger partial charge in [0.05, 0.1) is 18.5 Å². The smallest absolute Gasteiger partial charge is 0.222 e. The Morgan fingerprint density at radius 2 is 1.87 bits per heavy atom. The van der Waals surface area contributed by atoms with Gasteiger partial charge in [0.2, 0.25) is 11.8 Å². The number of carbonyl (C=O) groups excluding carboxylic acids is 2. The Hall–Kier alpha value is -1.85. The zero-order valence-electron chi connectivity index (χ0n) is 13.0. The van der Waals surface area contributed by atoms with Gasteiger partial charge in [-0.25, -0.2) is 0 Å². The first-order valence-electron chi connectivity index (χ1n) is 7.31. The quantitative estimate of drug-likeness (QED) is 0.831. The van der Waals surface area contributed by atoms with Crippen molar-refractivity contribution in [2.45, 2.75) is 32.4 Å². The fourth-order valence-electron chi connectivity index (χ4n) is 2.29. The molecule has 1 aromatic carbocycles. The first kappa shape index (κ1) is 17.5. The highest BCUT2D eigenvalue weighted by atomic mass is 35.5. The molecule has 2 N–H and O–H groups in total. The summed E-state index contributed by atoms with van der Waals surface area (Å²) >= 11 is 7.49. The van der Waals surface area contributed by atoms with Gasteiger partial charge in [0, 0.05) is 16.8 Å². The van der Waals surface area contributed by atoms with Gasteiger partial charge in [0.1, 0.15) is 0 Å². The molecule has 2 amide bonds. The fourth-order valence-corrected chi connectivity index (χ4v) is 3.15. The first-order valence-corrected chi connectivity index (χ1v) is 8.57. The number of amides is 2. The maximum absolute atomic E-state index is 12.3. The van der Waals surface area contributed by atoms with Crippen molar-refractivity contribution in [1.29, 1.82) is 0 Å². The van der Waals surface area contributed by atoms with Crippen molar-refractivity contribution in [2.75, 3.05) is 0 Å². The number of benzene rings is 1. The van der Waals surface area contributed by atoms with Crippen LogP contribution in [0.3, 0.4) is 0 Å². The zero-order valence-corrected chi connectivity index (χ0v) is 14.6. The average Bonchev–Trinajstić information content (AvgIpc) is 3.01. The lowest BCUT2D eigenvalue weighted by atomic mass is 10.0. The minimum absolute atomic E-state index is 0.0503. The Kier molecular flexibility index (Phi) is 6.19. The van der Waals surface area contributed by atoms with Gasteiger partial charge in [0.25, 0.3) is 0 Å². The molecule has 1 aromatic heterocycles. The molecule has 0 fully saturated rings. The van der Waals surface area contributed by atoms with Crippen LogP contribution in [0.1, 0.15) is 42.8 Å². The third-order valence-corrected chi connectivity index (χ3v) is 4.69. The molecule has 4 nitrogen and oxygen atoms in total. The molecule has 0 spiro atoms. The second kappa shape index (κ2) is 8.13. The van der Waals surface area contributed by atoms with Crippen molar-refractivity contribution in [1.82, 2.24) is 10.6 Å². The summed E-state index contributed by atoms with van der Waals surface area (Å²) in [5.74, 6) is -0.288. The zero-order chi connectivity index (χ0) is 16.8. The fraction of sp³-hybridized carbons (Fsp3) is 0.294. The Morgan fingerprint density at radius 1 is 1.17 bits per heavy atom. The number of halogens is 1. The predicted molar refractivity (Wildman–Crippen MR) is 93.5 cm³/mol. The van der Waals surface area contributed by atoms with E-state index in [0.717, 1.165) is 10.4 Å². The molecular formula is C17H19ClN2O2S. The molecule has 2 atom stereocenters. The maximum Gasteiger partial charge on any atom is 0.222 e. The van der Waals surface area contributed by atoms with Gasteiger partial charge < -0.3 is 10.6 Å². The number of thiophene rings is 1. The molecule has 2 unspecified atom stereocenters. The van der Waals surface area contributed by atoms with Crippen LogP contribution in [-0.2, 0) is 9.59 Å². The van der Waals surface area contributed by atoms with Crippen molar-refractivity contribution in [3.8, 4) is 0 Å². The van der Waals surface area contributed by atoms with Crippen LogP contribution in [0, 0.1) is 0 Å². The van der Waals surface area contributed by atoms with Crippen LogP contribution in [0.2, 0.25) is 5.02 Å². The molecule has 0 radical (unpaired) electrons. The topological polar surface area (TPSA) is 58.2 Å². The van der Waals surface area contributed by atoms with Gasteiger partial charge in [-0.3, -0.25) is 9.59 Å². The highest BCUT2D eigenvalue weighted by Crippen LogP contribution is 2.22. The number of nitrogens with one attached hydrogen (secondary N) is 2. The Morgan fingerprint density at radius 3 is 2.43 bits per heavy atom. The minimum Gasteiger partial charge on any atom is -0.349 e.